The maximum atomic E-state index is 14.1. The van der Waals surface area contributed by atoms with E-state index < -0.39 is 11.5 Å². The standard InChI is InChI=1S/C27H26ClFN2O3/c1-27(17-30-26(33)34-16-19-5-3-2-4-6-19)15-22(31-25(27)32)13-18-7-9-20(10-8-18)23-14-21(28)11-12-24(23)29/h2-12,14,22H,13,15-17H2,1H3,(H,30,33)(H,31,32). The van der Waals surface area contributed by atoms with Crippen LogP contribution < -0.4 is 10.6 Å². The predicted octanol–water partition coefficient (Wildman–Crippen LogP) is 5.51. The first-order valence-electron chi connectivity index (χ1n) is 11.1. The second-order valence-corrected chi connectivity index (χ2v) is 9.31. The van der Waals surface area contributed by atoms with Crippen LogP contribution in [0.15, 0.2) is 72.8 Å². The molecular formula is C27H26ClFN2O3. The largest absolute Gasteiger partial charge is 0.445 e. The van der Waals surface area contributed by atoms with Crippen molar-refractivity contribution in [1.82, 2.24) is 10.6 Å². The van der Waals surface area contributed by atoms with Gasteiger partial charge in [0, 0.05) is 23.2 Å². The first-order chi connectivity index (χ1) is 16.3. The van der Waals surface area contributed by atoms with Crippen LogP contribution in [0.25, 0.3) is 11.1 Å². The van der Waals surface area contributed by atoms with E-state index in [4.69, 9.17) is 16.3 Å². The van der Waals surface area contributed by atoms with E-state index in [1.807, 2.05) is 61.5 Å². The van der Waals surface area contributed by atoms with Gasteiger partial charge in [0.25, 0.3) is 0 Å². The Morgan fingerprint density at radius 2 is 1.85 bits per heavy atom. The summed E-state index contributed by atoms with van der Waals surface area (Å²) in [5, 5.41) is 6.22. The lowest BCUT2D eigenvalue weighted by molar-refractivity contribution is -0.126. The van der Waals surface area contributed by atoms with Crippen molar-refractivity contribution in [2.45, 2.75) is 32.4 Å². The van der Waals surface area contributed by atoms with Crippen LogP contribution in [-0.4, -0.2) is 24.6 Å². The van der Waals surface area contributed by atoms with E-state index in [2.05, 4.69) is 10.6 Å². The molecule has 0 saturated carbocycles. The molecule has 0 aromatic heterocycles. The van der Waals surface area contributed by atoms with Gasteiger partial charge in [-0.1, -0.05) is 66.2 Å². The van der Waals surface area contributed by atoms with Crippen LogP contribution >= 0.6 is 11.6 Å². The van der Waals surface area contributed by atoms with Crippen LogP contribution in [0, 0.1) is 11.2 Å². The molecule has 0 spiro atoms. The van der Waals surface area contributed by atoms with E-state index in [1.165, 1.54) is 12.1 Å². The van der Waals surface area contributed by atoms with Crippen molar-refractivity contribution in [2.24, 2.45) is 5.41 Å². The van der Waals surface area contributed by atoms with Crippen molar-refractivity contribution in [3.63, 3.8) is 0 Å². The lowest BCUT2D eigenvalue weighted by Crippen LogP contribution is -2.40. The molecule has 2 unspecified atom stereocenters. The van der Waals surface area contributed by atoms with E-state index >= 15 is 0 Å². The minimum atomic E-state index is -0.722. The summed E-state index contributed by atoms with van der Waals surface area (Å²) in [5.41, 5.74) is 2.39. The van der Waals surface area contributed by atoms with Crippen LogP contribution in [0.2, 0.25) is 5.02 Å². The number of alkyl carbamates (subject to hydrolysis) is 1. The van der Waals surface area contributed by atoms with Crippen molar-refractivity contribution >= 4 is 23.6 Å². The minimum Gasteiger partial charge on any atom is -0.445 e. The molecule has 2 N–H and O–H groups in total. The third-order valence-electron chi connectivity index (χ3n) is 6.09. The minimum absolute atomic E-state index is 0.0617. The molecule has 176 valence electrons. The van der Waals surface area contributed by atoms with Gasteiger partial charge in [-0.15, -0.1) is 0 Å². The fourth-order valence-corrected chi connectivity index (χ4v) is 4.36. The second kappa shape index (κ2) is 10.3. The van der Waals surface area contributed by atoms with Gasteiger partial charge in [0.15, 0.2) is 0 Å². The third-order valence-corrected chi connectivity index (χ3v) is 6.33. The van der Waals surface area contributed by atoms with Crippen LogP contribution in [0.5, 0.6) is 0 Å². The molecule has 1 saturated heterocycles. The summed E-state index contributed by atoms with van der Waals surface area (Å²) in [5.74, 6) is -0.427. The molecule has 3 aromatic rings. The topological polar surface area (TPSA) is 67.4 Å². The molecule has 5 nitrogen and oxygen atoms in total. The Bertz CT molecular complexity index is 1170. The number of hydrogen-bond acceptors (Lipinski definition) is 3. The normalized spacial score (nSPS) is 19.5. The lowest BCUT2D eigenvalue weighted by Gasteiger charge is -2.21. The molecule has 0 aliphatic carbocycles. The van der Waals surface area contributed by atoms with Crippen molar-refractivity contribution in [3.8, 4) is 11.1 Å². The smallest absolute Gasteiger partial charge is 0.407 e. The number of amides is 2. The van der Waals surface area contributed by atoms with Crippen molar-refractivity contribution in [1.29, 1.82) is 0 Å². The summed E-state index contributed by atoms with van der Waals surface area (Å²) in [4.78, 5) is 24.7. The molecular weight excluding hydrogens is 455 g/mol. The summed E-state index contributed by atoms with van der Waals surface area (Å²) in [6.45, 7) is 2.20. The van der Waals surface area contributed by atoms with Gasteiger partial charge in [-0.2, -0.15) is 0 Å². The number of carbonyl (C=O) groups excluding carboxylic acids is 2. The van der Waals surface area contributed by atoms with Gasteiger partial charge in [0.1, 0.15) is 12.4 Å². The van der Waals surface area contributed by atoms with Gasteiger partial charge in [-0.25, -0.2) is 9.18 Å². The molecule has 4 rings (SSSR count). The monoisotopic (exact) mass is 480 g/mol. The molecule has 1 aliphatic heterocycles. The first kappa shape index (κ1) is 23.8. The zero-order valence-corrected chi connectivity index (χ0v) is 19.6. The summed E-state index contributed by atoms with van der Waals surface area (Å²) in [6.07, 6.45) is 0.665. The Kier molecular flexibility index (Phi) is 7.17. The highest BCUT2D eigenvalue weighted by Crippen LogP contribution is 2.31. The molecule has 1 heterocycles. The zero-order chi connectivity index (χ0) is 24.1. The maximum Gasteiger partial charge on any atom is 0.407 e. The molecule has 2 atom stereocenters. The van der Waals surface area contributed by atoms with E-state index in [0.29, 0.717) is 23.4 Å². The Morgan fingerprint density at radius 1 is 1.12 bits per heavy atom. The Morgan fingerprint density at radius 3 is 2.59 bits per heavy atom. The van der Waals surface area contributed by atoms with Gasteiger partial charge in [-0.05, 0) is 54.7 Å². The van der Waals surface area contributed by atoms with E-state index in [0.717, 1.165) is 16.7 Å². The van der Waals surface area contributed by atoms with Crippen molar-refractivity contribution < 1.29 is 18.7 Å². The fraction of sp³-hybridized carbons (Fsp3) is 0.259. The molecule has 0 radical (unpaired) electrons. The average Bonchev–Trinajstić information content (AvgIpc) is 3.12. The van der Waals surface area contributed by atoms with Crippen LogP contribution in [0.4, 0.5) is 9.18 Å². The Labute approximate surface area is 203 Å². The molecule has 7 heteroatoms. The van der Waals surface area contributed by atoms with Gasteiger partial charge >= 0.3 is 6.09 Å². The van der Waals surface area contributed by atoms with Gasteiger partial charge < -0.3 is 15.4 Å². The third kappa shape index (κ3) is 5.75. The SMILES string of the molecule is CC1(CNC(=O)OCc2ccccc2)CC(Cc2ccc(-c3cc(Cl)ccc3F)cc2)NC1=O. The second-order valence-electron chi connectivity index (χ2n) is 8.88. The van der Waals surface area contributed by atoms with Gasteiger partial charge in [-0.3, -0.25) is 4.79 Å². The number of hydrogen-bond donors (Lipinski definition) is 2. The molecule has 3 aromatic carbocycles. The Hall–Kier alpha value is -3.38. The molecule has 1 aliphatic rings. The molecule has 1 fully saturated rings. The van der Waals surface area contributed by atoms with Gasteiger partial charge in [0.05, 0.1) is 5.41 Å². The summed E-state index contributed by atoms with van der Waals surface area (Å²) in [6, 6.07) is 21.4. The quantitative estimate of drug-likeness (QED) is 0.468. The highest BCUT2D eigenvalue weighted by Gasteiger charge is 2.43. The highest BCUT2D eigenvalue weighted by molar-refractivity contribution is 6.30. The molecule has 34 heavy (non-hydrogen) atoms. The van der Waals surface area contributed by atoms with Crippen molar-refractivity contribution in [3.05, 3.63) is 94.8 Å². The van der Waals surface area contributed by atoms with Crippen LogP contribution in [0.1, 0.15) is 24.5 Å². The maximum absolute atomic E-state index is 14.1. The predicted molar refractivity (Wildman–Crippen MR) is 130 cm³/mol. The van der Waals surface area contributed by atoms with Crippen LogP contribution in [-0.2, 0) is 22.6 Å². The first-order valence-corrected chi connectivity index (χ1v) is 11.5. The molecule has 2 amide bonds. The zero-order valence-electron chi connectivity index (χ0n) is 18.8. The molecule has 0 bridgehead atoms. The number of carbonyl (C=O) groups is 2. The summed E-state index contributed by atoms with van der Waals surface area (Å²) < 4.78 is 19.4. The fourth-order valence-electron chi connectivity index (χ4n) is 4.19. The average molecular weight is 481 g/mol. The Balaban J connectivity index is 1.30. The highest BCUT2D eigenvalue weighted by atomic mass is 35.5. The number of halogens is 2. The van der Waals surface area contributed by atoms with E-state index in [1.54, 1.807) is 6.07 Å². The van der Waals surface area contributed by atoms with E-state index in [9.17, 15) is 14.0 Å². The number of benzene rings is 3. The van der Waals surface area contributed by atoms with Crippen molar-refractivity contribution in [2.75, 3.05) is 6.54 Å². The van der Waals surface area contributed by atoms with Gasteiger partial charge in [0.2, 0.25) is 5.91 Å². The summed E-state index contributed by atoms with van der Waals surface area (Å²) >= 11 is 6.00. The lowest BCUT2D eigenvalue weighted by atomic mass is 9.85. The number of rotatable bonds is 7. The van der Waals surface area contributed by atoms with E-state index in [-0.39, 0.29) is 30.9 Å². The van der Waals surface area contributed by atoms with Crippen LogP contribution in [0.3, 0.4) is 0 Å². The number of ether oxygens (including phenoxy) is 1. The summed E-state index contributed by atoms with van der Waals surface area (Å²) in [7, 11) is 0. The number of nitrogens with one attached hydrogen (secondary N) is 2.